The van der Waals surface area contributed by atoms with Crippen molar-refractivity contribution < 1.29 is 4.74 Å². The molecule has 102 valence electrons. The number of aryl methyl sites for hydroxylation is 1. The minimum atomic E-state index is 0.192. The van der Waals surface area contributed by atoms with Crippen LogP contribution in [0.2, 0.25) is 0 Å². The Hall–Kier alpha value is -1.39. The summed E-state index contributed by atoms with van der Waals surface area (Å²) in [6.07, 6.45) is 4.72. The highest BCUT2D eigenvalue weighted by Crippen LogP contribution is 2.29. The molecule has 0 aromatic carbocycles. The van der Waals surface area contributed by atoms with E-state index in [1.807, 2.05) is 23.6 Å². The third-order valence-corrected chi connectivity index (χ3v) is 4.32. The molecule has 1 atom stereocenters. The summed E-state index contributed by atoms with van der Waals surface area (Å²) in [7, 11) is 1.67. The Balaban J connectivity index is 2.32. The van der Waals surface area contributed by atoms with Gasteiger partial charge in [-0.3, -0.25) is 4.98 Å². The molecule has 0 amide bonds. The highest BCUT2D eigenvalue weighted by Gasteiger charge is 2.16. The molecule has 0 aliphatic carbocycles. The van der Waals surface area contributed by atoms with Crippen LogP contribution in [0.4, 0.5) is 0 Å². The molecule has 0 saturated heterocycles. The average Bonchev–Trinajstić information content (AvgIpc) is 2.93. The third kappa shape index (κ3) is 3.33. The van der Waals surface area contributed by atoms with E-state index < -0.39 is 0 Å². The van der Waals surface area contributed by atoms with Crippen LogP contribution in [0.25, 0.3) is 0 Å². The van der Waals surface area contributed by atoms with E-state index in [-0.39, 0.29) is 6.04 Å². The van der Waals surface area contributed by atoms with Crippen LogP contribution >= 0.6 is 11.3 Å². The lowest BCUT2D eigenvalue weighted by Gasteiger charge is -2.17. The molecule has 0 fully saturated rings. The van der Waals surface area contributed by atoms with E-state index in [9.17, 15) is 0 Å². The molecule has 2 aromatic rings. The van der Waals surface area contributed by atoms with Crippen molar-refractivity contribution in [1.82, 2.24) is 10.3 Å². The van der Waals surface area contributed by atoms with E-state index in [1.165, 1.54) is 9.75 Å². The van der Waals surface area contributed by atoms with Crippen molar-refractivity contribution in [2.24, 2.45) is 0 Å². The Kier molecular flexibility index (Phi) is 4.93. The molecule has 3 nitrogen and oxygen atoms in total. The number of aromatic nitrogens is 1. The SMILES string of the molecule is CCNC(c1cncc(OC)c1)c1ccc(CC)s1. The second-order valence-corrected chi connectivity index (χ2v) is 5.51. The lowest BCUT2D eigenvalue weighted by Crippen LogP contribution is -2.21. The number of hydrogen-bond donors (Lipinski definition) is 1. The number of ether oxygens (including phenoxy) is 1. The first-order valence-electron chi connectivity index (χ1n) is 6.59. The minimum absolute atomic E-state index is 0.192. The summed E-state index contributed by atoms with van der Waals surface area (Å²) >= 11 is 1.86. The van der Waals surface area contributed by atoms with Crippen molar-refractivity contribution in [3.05, 3.63) is 45.9 Å². The molecular formula is C15H20N2OS. The Morgan fingerprint density at radius 3 is 2.79 bits per heavy atom. The molecule has 0 aliphatic heterocycles. The zero-order valence-corrected chi connectivity index (χ0v) is 12.5. The summed E-state index contributed by atoms with van der Waals surface area (Å²) in [6, 6.07) is 6.65. The van der Waals surface area contributed by atoms with Crippen LogP contribution in [0.3, 0.4) is 0 Å². The molecule has 0 bridgehead atoms. The van der Waals surface area contributed by atoms with Gasteiger partial charge in [-0.2, -0.15) is 0 Å². The predicted octanol–water partition coefficient (Wildman–Crippen LogP) is 3.41. The smallest absolute Gasteiger partial charge is 0.137 e. The van der Waals surface area contributed by atoms with Crippen molar-refractivity contribution in [3.63, 3.8) is 0 Å². The number of rotatable bonds is 6. The Morgan fingerprint density at radius 2 is 2.16 bits per heavy atom. The number of methoxy groups -OCH3 is 1. The zero-order valence-electron chi connectivity index (χ0n) is 11.6. The van der Waals surface area contributed by atoms with Gasteiger partial charge in [-0.15, -0.1) is 11.3 Å². The van der Waals surface area contributed by atoms with Gasteiger partial charge in [0.1, 0.15) is 5.75 Å². The van der Waals surface area contributed by atoms with Gasteiger partial charge in [-0.05, 0) is 36.7 Å². The number of nitrogens with zero attached hydrogens (tertiary/aromatic N) is 1. The van der Waals surface area contributed by atoms with E-state index in [2.05, 4.69) is 36.3 Å². The van der Waals surface area contributed by atoms with Gasteiger partial charge >= 0.3 is 0 Å². The van der Waals surface area contributed by atoms with E-state index in [0.717, 1.165) is 24.3 Å². The molecule has 1 N–H and O–H groups in total. The van der Waals surface area contributed by atoms with Crippen LogP contribution in [-0.4, -0.2) is 18.6 Å². The second kappa shape index (κ2) is 6.68. The fourth-order valence-corrected chi connectivity index (χ4v) is 3.09. The first-order valence-corrected chi connectivity index (χ1v) is 7.41. The summed E-state index contributed by atoms with van der Waals surface area (Å²) in [5.74, 6) is 0.799. The monoisotopic (exact) mass is 276 g/mol. The first-order chi connectivity index (χ1) is 9.28. The highest BCUT2D eigenvalue weighted by molar-refractivity contribution is 7.12. The largest absolute Gasteiger partial charge is 0.495 e. The summed E-state index contributed by atoms with van der Waals surface area (Å²) < 4.78 is 5.26. The molecule has 4 heteroatoms. The van der Waals surface area contributed by atoms with Crippen molar-refractivity contribution in [3.8, 4) is 5.75 Å². The maximum Gasteiger partial charge on any atom is 0.137 e. The van der Waals surface area contributed by atoms with Crippen LogP contribution < -0.4 is 10.1 Å². The van der Waals surface area contributed by atoms with Crippen molar-refractivity contribution in [2.75, 3.05) is 13.7 Å². The van der Waals surface area contributed by atoms with Crippen LogP contribution in [-0.2, 0) is 6.42 Å². The molecule has 0 aliphatic rings. The molecule has 1 unspecified atom stereocenters. The molecule has 19 heavy (non-hydrogen) atoms. The van der Waals surface area contributed by atoms with Crippen molar-refractivity contribution in [2.45, 2.75) is 26.3 Å². The fraction of sp³-hybridized carbons (Fsp3) is 0.400. The first kappa shape index (κ1) is 14.0. The van der Waals surface area contributed by atoms with Gasteiger partial charge < -0.3 is 10.1 Å². The second-order valence-electron chi connectivity index (χ2n) is 4.31. The molecule has 0 radical (unpaired) electrons. The van der Waals surface area contributed by atoms with Crippen LogP contribution in [0.5, 0.6) is 5.75 Å². The summed E-state index contributed by atoms with van der Waals surface area (Å²) in [6.45, 7) is 5.22. The lowest BCUT2D eigenvalue weighted by molar-refractivity contribution is 0.411. The van der Waals surface area contributed by atoms with E-state index in [0.29, 0.717) is 0 Å². The third-order valence-electron chi connectivity index (χ3n) is 3.03. The van der Waals surface area contributed by atoms with E-state index in [4.69, 9.17) is 4.74 Å². The Bertz CT molecular complexity index is 524. The Morgan fingerprint density at radius 1 is 1.32 bits per heavy atom. The standard InChI is InChI=1S/C15H20N2OS/c1-4-13-6-7-14(19-13)15(17-5-2)11-8-12(18-3)10-16-9-11/h6-10,15,17H,4-5H2,1-3H3. The van der Waals surface area contributed by atoms with Gasteiger partial charge in [0, 0.05) is 16.0 Å². The van der Waals surface area contributed by atoms with Crippen molar-refractivity contribution >= 4 is 11.3 Å². The minimum Gasteiger partial charge on any atom is -0.495 e. The lowest BCUT2D eigenvalue weighted by atomic mass is 10.1. The van der Waals surface area contributed by atoms with Crippen LogP contribution in [0.15, 0.2) is 30.6 Å². The average molecular weight is 276 g/mol. The van der Waals surface area contributed by atoms with Crippen LogP contribution in [0, 0.1) is 0 Å². The van der Waals surface area contributed by atoms with Gasteiger partial charge in [0.2, 0.25) is 0 Å². The number of hydrogen-bond acceptors (Lipinski definition) is 4. The summed E-state index contributed by atoms with van der Waals surface area (Å²) in [4.78, 5) is 6.99. The normalized spacial score (nSPS) is 12.4. The topological polar surface area (TPSA) is 34.2 Å². The maximum absolute atomic E-state index is 5.26. The highest BCUT2D eigenvalue weighted by atomic mass is 32.1. The molecule has 0 spiro atoms. The van der Waals surface area contributed by atoms with Gasteiger partial charge in [-0.1, -0.05) is 13.8 Å². The summed E-state index contributed by atoms with van der Waals surface area (Å²) in [5.41, 5.74) is 1.14. The molecule has 2 aromatic heterocycles. The number of nitrogens with one attached hydrogen (secondary N) is 1. The fourth-order valence-electron chi connectivity index (χ4n) is 2.03. The van der Waals surface area contributed by atoms with Gasteiger partial charge in [0.15, 0.2) is 0 Å². The molecule has 0 saturated carbocycles. The number of thiophene rings is 1. The summed E-state index contributed by atoms with van der Waals surface area (Å²) in [5, 5.41) is 3.52. The molecular weight excluding hydrogens is 256 g/mol. The van der Waals surface area contributed by atoms with Gasteiger partial charge in [-0.25, -0.2) is 0 Å². The number of pyridine rings is 1. The van der Waals surface area contributed by atoms with E-state index in [1.54, 1.807) is 13.3 Å². The molecule has 2 rings (SSSR count). The predicted molar refractivity (Wildman–Crippen MR) is 80.0 cm³/mol. The zero-order chi connectivity index (χ0) is 13.7. The quantitative estimate of drug-likeness (QED) is 0.878. The van der Waals surface area contributed by atoms with Crippen LogP contribution in [0.1, 0.15) is 35.2 Å². The Labute approximate surface area is 118 Å². The molecule has 2 heterocycles. The van der Waals surface area contributed by atoms with Crippen molar-refractivity contribution in [1.29, 1.82) is 0 Å². The van der Waals surface area contributed by atoms with E-state index >= 15 is 0 Å². The maximum atomic E-state index is 5.26. The van der Waals surface area contributed by atoms with Gasteiger partial charge in [0.25, 0.3) is 0 Å². The van der Waals surface area contributed by atoms with Gasteiger partial charge in [0.05, 0.1) is 19.3 Å².